The largest absolute Gasteiger partial charge is 0.397 e. The van der Waals surface area contributed by atoms with Crippen LogP contribution in [0.3, 0.4) is 0 Å². The van der Waals surface area contributed by atoms with Gasteiger partial charge in [0.2, 0.25) is 5.91 Å². The first-order chi connectivity index (χ1) is 10.4. The van der Waals surface area contributed by atoms with Crippen molar-refractivity contribution in [3.8, 4) is 0 Å². The third-order valence-electron chi connectivity index (χ3n) is 3.66. The Labute approximate surface area is 130 Å². The molecule has 0 radical (unpaired) electrons. The number of halogens is 1. The average molecular weight is 309 g/mol. The predicted octanol–water partition coefficient (Wildman–Crippen LogP) is 2.24. The molecular weight excluding hydrogens is 285 g/mol. The number of nitrogen functional groups attached to an aromatic ring is 1. The van der Waals surface area contributed by atoms with E-state index in [4.69, 9.17) is 10.5 Å². The van der Waals surface area contributed by atoms with Gasteiger partial charge in [-0.1, -0.05) is 0 Å². The van der Waals surface area contributed by atoms with Gasteiger partial charge < -0.3 is 15.8 Å². The Bertz CT molecular complexity index is 514. The fourth-order valence-electron chi connectivity index (χ4n) is 2.79. The molecule has 0 saturated carbocycles. The van der Waals surface area contributed by atoms with Crippen LogP contribution in [-0.4, -0.2) is 42.6 Å². The summed E-state index contributed by atoms with van der Waals surface area (Å²) in [5.74, 6) is -0.515. The molecule has 0 spiro atoms. The summed E-state index contributed by atoms with van der Waals surface area (Å²) in [7, 11) is 0. The van der Waals surface area contributed by atoms with E-state index in [0.717, 1.165) is 26.1 Å². The normalized spacial score (nSPS) is 22.5. The average Bonchev–Trinajstić information content (AvgIpc) is 2.41. The Morgan fingerprint density at radius 3 is 2.73 bits per heavy atom. The monoisotopic (exact) mass is 309 g/mol. The summed E-state index contributed by atoms with van der Waals surface area (Å²) in [6, 6.07) is 3.96. The van der Waals surface area contributed by atoms with E-state index in [1.54, 1.807) is 0 Å². The molecule has 1 heterocycles. The first-order valence-corrected chi connectivity index (χ1v) is 7.66. The Morgan fingerprint density at radius 1 is 1.41 bits per heavy atom. The van der Waals surface area contributed by atoms with Gasteiger partial charge in [-0.05, 0) is 45.0 Å². The van der Waals surface area contributed by atoms with Crippen molar-refractivity contribution in [2.45, 2.75) is 38.9 Å². The van der Waals surface area contributed by atoms with Gasteiger partial charge in [0.1, 0.15) is 5.82 Å². The van der Waals surface area contributed by atoms with Crippen LogP contribution in [-0.2, 0) is 9.53 Å². The molecule has 6 heteroatoms. The van der Waals surface area contributed by atoms with Crippen LogP contribution in [0.25, 0.3) is 0 Å². The number of amides is 1. The van der Waals surface area contributed by atoms with Gasteiger partial charge in [0.15, 0.2) is 0 Å². The second-order valence-corrected chi connectivity index (χ2v) is 5.90. The topological polar surface area (TPSA) is 67.6 Å². The lowest BCUT2D eigenvalue weighted by Gasteiger charge is -2.35. The second-order valence-electron chi connectivity index (χ2n) is 5.90. The third kappa shape index (κ3) is 4.96. The lowest BCUT2D eigenvalue weighted by molar-refractivity contribution is -0.116. The van der Waals surface area contributed by atoms with E-state index in [9.17, 15) is 9.18 Å². The molecule has 1 aromatic carbocycles. The molecule has 0 bridgehead atoms. The van der Waals surface area contributed by atoms with Crippen molar-refractivity contribution in [3.63, 3.8) is 0 Å². The highest BCUT2D eigenvalue weighted by Gasteiger charge is 2.21. The molecule has 5 nitrogen and oxygen atoms in total. The van der Waals surface area contributed by atoms with Crippen LogP contribution in [0.1, 0.15) is 26.7 Å². The maximum Gasteiger partial charge on any atom is 0.224 e. The van der Waals surface area contributed by atoms with Crippen LogP contribution < -0.4 is 11.1 Å². The van der Waals surface area contributed by atoms with Crippen LogP contribution in [0.4, 0.5) is 15.8 Å². The van der Waals surface area contributed by atoms with Crippen molar-refractivity contribution in [2.75, 3.05) is 30.7 Å². The molecule has 0 aliphatic carbocycles. The number of nitrogens with two attached hydrogens (primary N) is 1. The SMILES string of the molecule is CC1CN(CCCC(=O)Nc2ccc(F)cc2N)CC(C)O1. The minimum Gasteiger partial charge on any atom is -0.397 e. The Morgan fingerprint density at radius 2 is 2.09 bits per heavy atom. The molecule has 2 rings (SSSR count). The van der Waals surface area contributed by atoms with Crippen LogP contribution in [0.5, 0.6) is 0 Å². The van der Waals surface area contributed by atoms with E-state index in [2.05, 4.69) is 24.1 Å². The summed E-state index contributed by atoms with van der Waals surface area (Å²) in [4.78, 5) is 14.2. The van der Waals surface area contributed by atoms with Crippen molar-refractivity contribution < 1.29 is 13.9 Å². The van der Waals surface area contributed by atoms with E-state index < -0.39 is 5.82 Å². The first-order valence-electron chi connectivity index (χ1n) is 7.66. The zero-order valence-corrected chi connectivity index (χ0v) is 13.1. The molecule has 0 aromatic heterocycles. The molecule has 22 heavy (non-hydrogen) atoms. The molecule has 1 fully saturated rings. The van der Waals surface area contributed by atoms with Gasteiger partial charge in [-0.15, -0.1) is 0 Å². The molecule has 1 aliphatic rings. The fraction of sp³-hybridized carbons (Fsp3) is 0.562. The van der Waals surface area contributed by atoms with Gasteiger partial charge in [-0.3, -0.25) is 9.69 Å². The number of morpholine rings is 1. The minimum atomic E-state index is -0.411. The maximum atomic E-state index is 12.9. The number of benzene rings is 1. The molecule has 2 atom stereocenters. The number of carbonyl (C=O) groups excluding carboxylic acids is 1. The molecule has 1 saturated heterocycles. The number of carbonyl (C=O) groups is 1. The predicted molar refractivity (Wildman–Crippen MR) is 85.1 cm³/mol. The molecule has 3 N–H and O–H groups in total. The number of rotatable bonds is 5. The summed E-state index contributed by atoms with van der Waals surface area (Å²) in [6.07, 6.45) is 1.65. The van der Waals surface area contributed by atoms with E-state index in [1.165, 1.54) is 18.2 Å². The van der Waals surface area contributed by atoms with Gasteiger partial charge in [0.25, 0.3) is 0 Å². The zero-order chi connectivity index (χ0) is 16.1. The summed E-state index contributed by atoms with van der Waals surface area (Å²) < 4.78 is 18.6. The van der Waals surface area contributed by atoms with Crippen molar-refractivity contribution in [1.82, 2.24) is 4.90 Å². The Balaban J connectivity index is 1.73. The van der Waals surface area contributed by atoms with Gasteiger partial charge in [0, 0.05) is 19.5 Å². The van der Waals surface area contributed by atoms with Gasteiger partial charge in [0.05, 0.1) is 23.6 Å². The number of nitrogens with one attached hydrogen (secondary N) is 1. The highest BCUT2D eigenvalue weighted by atomic mass is 19.1. The van der Waals surface area contributed by atoms with Gasteiger partial charge in [-0.25, -0.2) is 4.39 Å². The van der Waals surface area contributed by atoms with E-state index in [-0.39, 0.29) is 23.8 Å². The highest BCUT2D eigenvalue weighted by Crippen LogP contribution is 2.19. The maximum absolute atomic E-state index is 12.9. The van der Waals surface area contributed by atoms with Gasteiger partial charge in [-0.2, -0.15) is 0 Å². The van der Waals surface area contributed by atoms with Crippen LogP contribution in [0, 0.1) is 5.82 Å². The Hall–Kier alpha value is -1.66. The number of anilines is 2. The van der Waals surface area contributed by atoms with E-state index in [0.29, 0.717) is 12.1 Å². The first kappa shape index (κ1) is 16.7. The van der Waals surface area contributed by atoms with Crippen molar-refractivity contribution >= 4 is 17.3 Å². The van der Waals surface area contributed by atoms with Crippen molar-refractivity contribution in [1.29, 1.82) is 0 Å². The second kappa shape index (κ2) is 7.56. The molecule has 1 amide bonds. The van der Waals surface area contributed by atoms with Crippen molar-refractivity contribution in [3.05, 3.63) is 24.0 Å². The highest BCUT2D eigenvalue weighted by molar-refractivity contribution is 5.93. The molecular formula is C16H24FN3O2. The summed E-state index contributed by atoms with van der Waals surface area (Å²) in [5, 5.41) is 2.72. The minimum absolute atomic E-state index is 0.104. The number of nitrogens with zero attached hydrogens (tertiary/aromatic N) is 1. The summed E-state index contributed by atoms with van der Waals surface area (Å²) in [6.45, 7) is 6.79. The molecule has 122 valence electrons. The molecule has 2 unspecified atom stereocenters. The molecule has 1 aromatic rings. The lowest BCUT2D eigenvalue weighted by Crippen LogP contribution is -2.45. The van der Waals surface area contributed by atoms with Crippen molar-refractivity contribution in [2.24, 2.45) is 0 Å². The van der Waals surface area contributed by atoms with Crippen LogP contribution in [0.2, 0.25) is 0 Å². The van der Waals surface area contributed by atoms with E-state index >= 15 is 0 Å². The van der Waals surface area contributed by atoms with E-state index in [1.807, 2.05) is 0 Å². The quantitative estimate of drug-likeness (QED) is 0.819. The number of hydrogen-bond acceptors (Lipinski definition) is 4. The van der Waals surface area contributed by atoms with Gasteiger partial charge >= 0.3 is 0 Å². The Kier molecular flexibility index (Phi) is 5.74. The summed E-state index contributed by atoms with van der Waals surface area (Å²) >= 11 is 0. The lowest BCUT2D eigenvalue weighted by atomic mass is 10.2. The number of hydrogen-bond donors (Lipinski definition) is 2. The molecule has 1 aliphatic heterocycles. The van der Waals surface area contributed by atoms with Crippen LogP contribution >= 0.6 is 0 Å². The number of ether oxygens (including phenoxy) is 1. The third-order valence-corrected chi connectivity index (χ3v) is 3.66. The summed E-state index contributed by atoms with van der Waals surface area (Å²) in [5.41, 5.74) is 6.37. The smallest absolute Gasteiger partial charge is 0.224 e. The zero-order valence-electron chi connectivity index (χ0n) is 13.1. The fourth-order valence-corrected chi connectivity index (χ4v) is 2.79. The van der Waals surface area contributed by atoms with Crippen LogP contribution in [0.15, 0.2) is 18.2 Å². The standard InChI is InChI=1S/C16H24FN3O2/c1-11-9-20(10-12(2)22-11)7-3-4-16(21)19-15-6-5-13(17)8-14(15)18/h5-6,8,11-12H,3-4,7,9-10,18H2,1-2H3,(H,19,21).